The number of nitrogens with one attached hydrogen (secondary N) is 2. The van der Waals surface area contributed by atoms with E-state index in [1.54, 1.807) is 24.7 Å². The number of hydrogen-bond acceptors (Lipinski definition) is 4. The highest BCUT2D eigenvalue weighted by Gasteiger charge is 2.25. The average Bonchev–Trinajstić information content (AvgIpc) is 3.02. The molecule has 146 valence electrons. The Balaban J connectivity index is 1.75. The van der Waals surface area contributed by atoms with Crippen LogP contribution in [0.25, 0.3) is 11.0 Å². The highest BCUT2D eigenvalue weighted by molar-refractivity contribution is 5.98. The third kappa shape index (κ3) is 2.62. The van der Waals surface area contributed by atoms with Crippen molar-refractivity contribution in [1.82, 2.24) is 19.0 Å². The SMILES string of the molecule is Cn1c(=O)c2cc(C(=O)NC3CCNc4cc(F)ccc43)n(C)c2n(C)c1=O. The fourth-order valence-electron chi connectivity index (χ4n) is 3.83. The minimum absolute atomic E-state index is 0.274. The van der Waals surface area contributed by atoms with Gasteiger partial charge in [0.15, 0.2) is 0 Å². The summed E-state index contributed by atoms with van der Waals surface area (Å²) in [5.41, 5.74) is 1.21. The molecule has 0 spiro atoms. The Bertz CT molecular complexity index is 1240. The summed E-state index contributed by atoms with van der Waals surface area (Å²) in [5.74, 6) is -0.709. The summed E-state index contributed by atoms with van der Waals surface area (Å²) in [5, 5.41) is 6.39. The van der Waals surface area contributed by atoms with Gasteiger partial charge in [-0.25, -0.2) is 9.18 Å². The Morgan fingerprint density at radius 3 is 2.64 bits per heavy atom. The van der Waals surface area contributed by atoms with Gasteiger partial charge in [0, 0.05) is 33.4 Å². The van der Waals surface area contributed by atoms with Crippen molar-refractivity contribution >= 4 is 22.6 Å². The van der Waals surface area contributed by atoms with E-state index in [9.17, 15) is 18.8 Å². The van der Waals surface area contributed by atoms with Gasteiger partial charge in [-0.15, -0.1) is 0 Å². The molecule has 3 aromatic rings. The molecule has 9 heteroatoms. The molecule has 1 aliphatic rings. The van der Waals surface area contributed by atoms with E-state index in [0.717, 1.165) is 10.1 Å². The number of halogens is 1. The molecule has 0 bridgehead atoms. The number of fused-ring (bicyclic) bond motifs is 2. The maximum Gasteiger partial charge on any atom is 0.332 e. The van der Waals surface area contributed by atoms with Gasteiger partial charge in [0.25, 0.3) is 11.5 Å². The van der Waals surface area contributed by atoms with E-state index in [4.69, 9.17) is 0 Å². The van der Waals surface area contributed by atoms with Crippen molar-refractivity contribution in [1.29, 1.82) is 0 Å². The Morgan fingerprint density at radius 2 is 1.89 bits per heavy atom. The first-order valence-corrected chi connectivity index (χ1v) is 8.89. The molecular weight excluding hydrogens is 365 g/mol. The molecule has 3 heterocycles. The lowest BCUT2D eigenvalue weighted by Crippen LogP contribution is -2.37. The lowest BCUT2D eigenvalue weighted by molar-refractivity contribution is 0.0927. The number of benzene rings is 1. The number of carbonyl (C=O) groups is 1. The Morgan fingerprint density at radius 1 is 1.14 bits per heavy atom. The Kier molecular flexibility index (Phi) is 4.10. The van der Waals surface area contributed by atoms with Gasteiger partial charge in [-0.3, -0.25) is 18.7 Å². The second-order valence-electron chi connectivity index (χ2n) is 7.00. The van der Waals surface area contributed by atoms with Crippen LogP contribution in [0.15, 0.2) is 33.9 Å². The standard InChI is InChI=1S/C19H20FN5O3/c1-23-15(9-12-17(23)24(2)19(28)25(3)18(12)27)16(26)22-13-6-7-21-14-8-10(20)4-5-11(13)14/h4-5,8-9,13,21H,6-7H2,1-3H3,(H,22,26). The number of aryl methyl sites for hydroxylation is 2. The van der Waals surface area contributed by atoms with Gasteiger partial charge < -0.3 is 15.2 Å². The fraction of sp³-hybridized carbons (Fsp3) is 0.316. The molecule has 1 aliphatic heterocycles. The van der Waals surface area contributed by atoms with Gasteiger partial charge in [0.2, 0.25) is 0 Å². The second-order valence-corrected chi connectivity index (χ2v) is 7.00. The average molecular weight is 385 g/mol. The van der Waals surface area contributed by atoms with Crippen molar-refractivity contribution in [3.63, 3.8) is 0 Å². The van der Waals surface area contributed by atoms with Crippen molar-refractivity contribution < 1.29 is 9.18 Å². The number of anilines is 1. The molecule has 2 aromatic heterocycles. The van der Waals surface area contributed by atoms with Crippen LogP contribution in [0.5, 0.6) is 0 Å². The van der Waals surface area contributed by atoms with E-state index >= 15 is 0 Å². The van der Waals surface area contributed by atoms with Crippen LogP contribution in [-0.2, 0) is 21.1 Å². The van der Waals surface area contributed by atoms with Gasteiger partial charge in [0.05, 0.1) is 11.4 Å². The first-order valence-electron chi connectivity index (χ1n) is 8.89. The Hall–Kier alpha value is -3.36. The van der Waals surface area contributed by atoms with Crippen LogP contribution in [0.3, 0.4) is 0 Å². The topological polar surface area (TPSA) is 90.1 Å². The fourth-order valence-corrected chi connectivity index (χ4v) is 3.83. The highest BCUT2D eigenvalue weighted by atomic mass is 19.1. The van der Waals surface area contributed by atoms with Crippen LogP contribution in [0.4, 0.5) is 10.1 Å². The number of aromatic nitrogens is 3. The molecule has 28 heavy (non-hydrogen) atoms. The summed E-state index contributed by atoms with van der Waals surface area (Å²) in [7, 11) is 4.60. The lowest BCUT2D eigenvalue weighted by Gasteiger charge is -2.27. The predicted molar refractivity (Wildman–Crippen MR) is 103 cm³/mol. The van der Waals surface area contributed by atoms with E-state index in [1.165, 1.54) is 29.8 Å². The summed E-state index contributed by atoms with van der Waals surface area (Å²) in [6.07, 6.45) is 0.647. The van der Waals surface area contributed by atoms with Crippen molar-refractivity contribution in [2.75, 3.05) is 11.9 Å². The second kappa shape index (κ2) is 6.36. The highest BCUT2D eigenvalue weighted by Crippen LogP contribution is 2.30. The summed E-state index contributed by atoms with van der Waals surface area (Å²) in [4.78, 5) is 37.6. The largest absolute Gasteiger partial charge is 0.385 e. The zero-order valence-corrected chi connectivity index (χ0v) is 15.7. The number of amides is 1. The summed E-state index contributed by atoms with van der Waals surface area (Å²) in [6.45, 7) is 0.603. The van der Waals surface area contributed by atoms with Crippen LogP contribution in [0.1, 0.15) is 28.5 Å². The first-order chi connectivity index (χ1) is 13.3. The monoisotopic (exact) mass is 385 g/mol. The first kappa shape index (κ1) is 18.0. The van der Waals surface area contributed by atoms with Gasteiger partial charge in [-0.1, -0.05) is 6.07 Å². The molecule has 8 nitrogen and oxygen atoms in total. The molecule has 0 aliphatic carbocycles. The van der Waals surface area contributed by atoms with E-state index in [1.807, 2.05) is 0 Å². The van der Waals surface area contributed by atoms with Gasteiger partial charge in [-0.05, 0) is 30.2 Å². The van der Waals surface area contributed by atoms with Gasteiger partial charge in [0.1, 0.15) is 17.2 Å². The zero-order chi connectivity index (χ0) is 20.2. The van der Waals surface area contributed by atoms with Gasteiger partial charge >= 0.3 is 5.69 Å². The normalized spacial score (nSPS) is 15.9. The van der Waals surface area contributed by atoms with Gasteiger partial charge in [-0.2, -0.15) is 0 Å². The molecule has 1 atom stereocenters. The van der Waals surface area contributed by atoms with E-state index < -0.39 is 11.2 Å². The van der Waals surface area contributed by atoms with E-state index in [2.05, 4.69) is 10.6 Å². The number of hydrogen-bond donors (Lipinski definition) is 2. The van der Waals surface area contributed by atoms with Crippen LogP contribution in [-0.4, -0.2) is 26.2 Å². The third-order valence-corrected chi connectivity index (χ3v) is 5.30. The number of nitrogens with zero attached hydrogens (tertiary/aromatic N) is 3. The maximum atomic E-state index is 13.5. The molecule has 0 radical (unpaired) electrons. The van der Waals surface area contributed by atoms with Crippen molar-refractivity contribution in [3.8, 4) is 0 Å². The lowest BCUT2D eigenvalue weighted by atomic mass is 9.97. The predicted octanol–water partition coefficient (Wildman–Crippen LogP) is 1.00. The summed E-state index contributed by atoms with van der Waals surface area (Å²) < 4.78 is 17.4. The molecule has 0 saturated heterocycles. The summed E-state index contributed by atoms with van der Waals surface area (Å²) in [6, 6.07) is 5.64. The number of carbonyl (C=O) groups excluding carboxylic acids is 1. The van der Waals surface area contributed by atoms with Crippen molar-refractivity contribution in [2.24, 2.45) is 21.1 Å². The maximum absolute atomic E-state index is 13.5. The molecule has 1 aromatic carbocycles. The third-order valence-electron chi connectivity index (χ3n) is 5.30. The molecular formula is C19H20FN5O3. The minimum Gasteiger partial charge on any atom is -0.385 e. The zero-order valence-electron chi connectivity index (χ0n) is 15.7. The van der Waals surface area contributed by atoms with Crippen molar-refractivity contribution in [2.45, 2.75) is 12.5 Å². The van der Waals surface area contributed by atoms with Crippen LogP contribution in [0, 0.1) is 5.82 Å². The van der Waals surface area contributed by atoms with E-state index in [-0.39, 0.29) is 23.5 Å². The smallest absolute Gasteiger partial charge is 0.332 e. The summed E-state index contributed by atoms with van der Waals surface area (Å²) >= 11 is 0. The van der Waals surface area contributed by atoms with Crippen LogP contribution >= 0.6 is 0 Å². The van der Waals surface area contributed by atoms with E-state index in [0.29, 0.717) is 29.7 Å². The molecule has 1 unspecified atom stereocenters. The van der Waals surface area contributed by atoms with Crippen LogP contribution < -0.4 is 21.9 Å². The molecule has 4 rings (SSSR count). The molecule has 2 N–H and O–H groups in total. The molecule has 0 saturated carbocycles. The van der Waals surface area contributed by atoms with Crippen LogP contribution in [0.2, 0.25) is 0 Å². The quantitative estimate of drug-likeness (QED) is 0.689. The molecule has 1 amide bonds. The van der Waals surface area contributed by atoms with Crippen molar-refractivity contribution in [3.05, 3.63) is 62.2 Å². The Labute approximate surface area is 159 Å². The molecule has 0 fully saturated rings. The minimum atomic E-state index is -0.458. The number of rotatable bonds is 2.